The molecule has 1 aromatic carbocycles. The Morgan fingerprint density at radius 1 is 1.04 bits per heavy atom. The summed E-state index contributed by atoms with van der Waals surface area (Å²) in [5, 5.41) is 0. The molecule has 0 radical (unpaired) electrons. The number of allylic oxidation sites excluding steroid dienone is 4. The van der Waals surface area contributed by atoms with Crippen molar-refractivity contribution in [2.45, 2.75) is 32.6 Å². The third-order valence-electron chi connectivity index (χ3n) is 4.49. The van der Waals surface area contributed by atoms with Gasteiger partial charge in [-0.15, -0.1) is 0 Å². The second-order valence-corrected chi connectivity index (χ2v) is 9.26. The number of anilines is 1. The number of rotatable bonds is 8. The van der Waals surface area contributed by atoms with Crippen molar-refractivity contribution in [3.63, 3.8) is 0 Å². The van der Waals surface area contributed by atoms with E-state index in [0.717, 1.165) is 37.6 Å². The molecule has 0 atom stereocenters. The Labute approximate surface area is 171 Å². The first-order valence-electron chi connectivity index (χ1n) is 9.42. The molecule has 0 amide bonds. The van der Waals surface area contributed by atoms with Crippen LogP contribution in [-0.2, 0) is 9.15 Å². The van der Waals surface area contributed by atoms with Crippen LogP contribution in [0.25, 0.3) is 0 Å². The first-order chi connectivity index (χ1) is 13.3. The minimum absolute atomic E-state index is 0.302. The first kappa shape index (κ1) is 22.4. The van der Waals surface area contributed by atoms with Gasteiger partial charge in [-0.3, -0.25) is 0 Å². The van der Waals surface area contributed by atoms with Gasteiger partial charge in [-0.05, 0) is 68.8 Å². The lowest BCUT2D eigenvalue weighted by Gasteiger charge is -2.22. The molecule has 0 aliphatic heterocycles. The number of nitrogens with zero attached hydrogens (tertiary/aromatic N) is 3. The zero-order valence-electron chi connectivity index (χ0n) is 16.8. The summed E-state index contributed by atoms with van der Waals surface area (Å²) < 4.78 is 36.3. The summed E-state index contributed by atoms with van der Waals surface area (Å²) in [5.74, 6) is 0. The molecule has 0 bridgehead atoms. The Morgan fingerprint density at radius 2 is 1.64 bits per heavy atom. The van der Waals surface area contributed by atoms with E-state index in [1.165, 1.54) is 0 Å². The fourth-order valence-corrected chi connectivity index (χ4v) is 4.67. The zero-order valence-corrected chi connectivity index (χ0v) is 18.4. The topological polar surface area (TPSA) is 75.8 Å². The van der Waals surface area contributed by atoms with Crippen LogP contribution in [-0.4, -0.2) is 55.1 Å². The van der Waals surface area contributed by atoms with Crippen LogP contribution in [0.4, 0.5) is 11.4 Å². The van der Waals surface area contributed by atoms with Gasteiger partial charge >= 0.3 is 0 Å². The minimum Gasteiger partial charge on any atom is -0.739 e. The minimum atomic E-state index is -4.49. The molecule has 1 aliphatic carbocycles. The molecule has 0 saturated heterocycles. The monoisotopic (exact) mass is 421 g/mol. The van der Waals surface area contributed by atoms with Gasteiger partial charge in [0.2, 0.25) is 0 Å². The zero-order chi connectivity index (χ0) is 20.7. The summed E-state index contributed by atoms with van der Waals surface area (Å²) in [6.45, 7) is 11.7. The van der Waals surface area contributed by atoms with Crippen LogP contribution in [0.1, 0.15) is 27.7 Å². The summed E-state index contributed by atoms with van der Waals surface area (Å²) >= 11 is 0. The van der Waals surface area contributed by atoms with Gasteiger partial charge in [-0.2, -0.15) is 0 Å². The van der Waals surface area contributed by atoms with Crippen molar-refractivity contribution < 1.29 is 17.5 Å². The lowest BCUT2D eigenvalue weighted by Crippen LogP contribution is -2.21. The molecule has 0 spiro atoms. The highest BCUT2D eigenvalue weighted by Gasteiger charge is 2.13. The van der Waals surface area contributed by atoms with Crippen LogP contribution in [0.15, 0.2) is 52.4 Å². The average molecular weight is 422 g/mol. The van der Waals surface area contributed by atoms with E-state index in [-0.39, 0.29) is 0 Å². The van der Waals surface area contributed by atoms with Crippen molar-refractivity contribution in [1.29, 1.82) is 0 Å². The fourth-order valence-electron chi connectivity index (χ4n) is 3.02. The molecule has 6 nitrogen and oxygen atoms in total. The molecule has 0 N–H and O–H groups in total. The maximum absolute atomic E-state index is 11.4. The molecule has 0 saturated carbocycles. The maximum Gasteiger partial charge on any atom is 0.200 e. The van der Waals surface area contributed by atoms with Gasteiger partial charge in [-0.1, -0.05) is 0 Å². The van der Waals surface area contributed by atoms with Gasteiger partial charge in [0, 0.05) is 35.8 Å². The van der Waals surface area contributed by atoms with E-state index >= 15 is 0 Å². The predicted molar refractivity (Wildman–Crippen MR) is 117 cm³/mol. The van der Waals surface area contributed by atoms with E-state index < -0.39 is 9.15 Å². The SMILES string of the molecule is CCN(CC)c1ccc(N=C2C=CC(=[N+](CC)CC)C=C2)c(SS(=O)(=O)[O-])c1. The van der Waals surface area contributed by atoms with E-state index in [1.807, 2.05) is 44.2 Å². The van der Waals surface area contributed by atoms with Crippen molar-refractivity contribution in [3.8, 4) is 0 Å². The maximum atomic E-state index is 11.4. The Morgan fingerprint density at radius 3 is 2.14 bits per heavy atom. The molecule has 0 heterocycles. The largest absolute Gasteiger partial charge is 0.739 e. The molecule has 0 unspecified atom stereocenters. The second-order valence-electron chi connectivity index (χ2n) is 6.12. The fraction of sp³-hybridized carbons (Fsp3) is 0.400. The van der Waals surface area contributed by atoms with E-state index in [0.29, 0.717) is 27.1 Å². The Kier molecular flexibility index (Phi) is 8.03. The summed E-state index contributed by atoms with van der Waals surface area (Å²) in [7, 11) is -4.19. The lowest BCUT2D eigenvalue weighted by atomic mass is 10.1. The van der Waals surface area contributed by atoms with Crippen LogP contribution in [0.2, 0.25) is 0 Å². The molecule has 8 heteroatoms. The molecule has 1 aromatic rings. The molecule has 0 fully saturated rings. The van der Waals surface area contributed by atoms with Crippen LogP contribution < -0.4 is 4.90 Å². The van der Waals surface area contributed by atoms with Crippen molar-refractivity contribution in [2.24, 2.45) is 4.99 Å². The normalized spacial score (nSPS) is 13.8. The Bertz CT molecular complexity index is 904. The lowest BCUT2D eigenvalue weighted by molar-refractivity contribution is -0.519. The predicted octanol–water partition coefficient (Wildman–Crippen LogP) is 3.78. The van der Waals surface area contributed by atoms with Crippen molar-refractivity contribution >= 4 is 42.7 Å². The van der Waals surface area contributed by atoms with Crippen LogP contribution >= 0.6 is 10.8 Å². The Balaban J connectivity index is 2.42. The first-order valence-corrected chi connectivity index (χ1v) is 12.2. The third-order valence-corrected chi connectivity index (χ3v) is 6.35. The van der Waals surface area contributed by atoms with Gasteiger partial charge in [0.05, 0.1) is 11.4 Å². The highest BCUT2D eigenvalue weighted by Crippen LogP contribution is 2.36. The summed E-state index contributed by atoms with van der Waals surface area (Å²) in [6.07, 6.45) is 7.78. The van der Waals surface area contributed by atoms with E-state index in [9.17, 15) is 13.0 Å². The molecule has 152 valence electrons. The van der Waals surface area contributed by atoms with E-state index in [4.69, 9.17) is 0 Å². The van der Waals surface area contributed by atoms with Crippen molar-refractivity contribution in [3.05, 3.63) is 42.5 Å². The third kappa shape index (κ3) is 6.05. The van der Waals surface area contributed by atoms with Gasteiger partial charge in [0.25, 0.3) is 0 Å². The van der Waals surface area contributed by atoms with Crippen LogP contribution in [0.3, 0.4) is 0 Å². The summed E-state index contributed by atoms with van der Waals surface area (Å²) in [6, 6.07) is 5.38. The Hall–Kier alpha value is -1.90. The smallest absolute Gasteiger partial charge is 0.200 e. The van der Waals surface area contributed by atoms with Gasteiger partial charge in [0.1, 0.15) is 13.1 Å². The standard InChI is InChI=1S/C20H27N3O3S2/c1-5-22(6-2)17-11-9-16(10-12-17)21-19-14-13-18(23(7-3)8-4)15-20(19)27-28(24,25)26/h9-15H,5-8H2,1-4H3. The van der Waals surface area contributed by atoms with Gasteiger partial charge in [0.15, 0.2) is 14.9 Å². The van der Waals surface area contributed by atoms with Crippen molar-refractivity contribution in [1.82, 2.24) is 0 Å². The summed E-state index contributed by atoms with van der Waals surface area (Å²) in [5.41, 5.74) is 3.15. The number of aliphatic imine (C=N–C) groups is 1. The molecule has 1 aliphatic rings. The number of benzene rings is 1. The van der Waals surface area contributed by atoms with E-state index in [2.05, 4.69) is 28.3 Å². The van der Waals surface area contributed by atoms with Crippen LogP contribution in [0, 0.1) is 0 Å². The number of hydrogen-bond acceptors (Lipinski definition) is 6. The molecule has 0 aromatic heterocycles. The molecular formula is C20H27N3O3S2. The average Bonchev–Trinajstić information content (AvgIpc) is 2.66. The molecule has 28 heavy (non-hydrogen) atoms. The van der Waals surface area contributed by atoms with Gasteiger partial charge < -0.3 is 9.45 Å². The molecule has 2 rings (SSSR count). The van der Waals surface area contributed by atoms with Gasteiger partial charge in [-0.25, -0.2) is 18.0 Å². The quantitative estimate of drug-likeness (QED) is 0.276. The highest BCUT2D eigenvalue weighted by molar-refractivity contribution is 8.69. The second kappa shape index (κ2) is 10.0. The highest BCUT2D eigenvalue weighted by atomic mass is 33.1. The van der Waals surface area contributed by atoms with Crippen LogP contribution in [0.5, 0.6) is 0 Å². The summed E-state index contributed by atoms with van der Waals surface area (Å²) in [4.78, 5) is 7.00. The van der Waals surface area contributed by atoms with Crippen molar-refractivity contribution in [2.75, 3.05) is 31.1 Å². The van der Waals surface area contributed by atoms with E-state index in [1.54, 1.807) is 12.1 Å². The molecular weight excluding hydrogens is 394 g/mol. The number of hydrogen-bond donors (Lipinski definition) is 0.